The SMILES string of the molecule is NC(=O)c1ccccc1Oc1ncccc1C(=O)N/N=C/c1ccccc1Br. The molecule has 0 saturated carbocycles. The molecule has 1 heterocycles. The minimum atomic E-state index is -0.643. The lowest BCUT2D eigenvalue weighted by atomic mass is 10.2. The first-order chi connectivity index (χ1) is 13.6. The molecule has 0 aliphatic heterocycles. The second-order valence-corrected chi connectivity index (χ2v) is 6.39. The maximum absolute atomic E-state index is 12.5. The highest BCUT2D eigenvalue weighted by Gasteiger charge is 2.16. The number of halogens is 1. The number of nitrogens with zero attached hydrogens (tertiary/aromatic N) is 2. The largest absolute Gasteiger partial charge is 0.437 e. The van der Waals surface area contributed by atoms with Gasteiger partial charge in [0, 0.05) is 16.2 Å². The molecular weight excluding hydrogens is 424 g/mol. The molecule has 0 saturated heterocycles. The third-order valence-corrected chi connectivity index (χ3v) is 4.37. The van der Waals surface area contributed by atoms with Crippen LogP contribution in [0.5, 0.6) is 11.6 Å². The molecule has 2 aromatic carbocycles. The molecule has 0 radical (unpaired) electrons. The number of hydrogen-bond donors (Lipinski definition) is 2. The Morgan fingerprint density at radius 3 is 2.54 bits per heavy atom. The average Bonchev–Trinajstić information content (AvgIpc) is 2.70. The van der Waals surface area contributed by atoms with E-state index in [9.17, 15) is 9.59 Å². The van der Waals surface area contributed by atoms with E-state index in [1.807, 2.05) is 24.3 Å². The fourth-order valence-corrected chi connectivity index (χ4v) is 2.70. The number of para-hydroxylation sites is 1. The van der Waals surface area contributed by atoms with Gasteiger partial charge in [0.1, 0.15) is 11.3 Å². The smallest absolute Gasteiger partial charge is 0.276 e. The first kappa shape index (κ1) is 19.2. The van der Waals surface area contributed by atoms with E-state index in [1.165, 1.54) is 18.5 Å². The van der Waals surface area contributed by atoms with Crippen LogP contribution in [0.3, 0.4) is 0 Å². The highest BCUT2D eigenvalue weighted by molar-refractivity contribution is 9.10. The number of hydrazone groups is 1. The predicted molar refractivity (Wildman–Crippen MR) is 108 cm³/mol. The van der Waals surface area contributed by atoms with Gasteiger partial charge >= 0.3 is 0 Å². The van der Waals surface area contributed by atoms with Crippen molar-refractivity contribution in [2.24, 2.45) is 10.8 Å². The van der Waals surface area contributed by atoms with Gasteiger partial charge in [-0.25, -0.2) is 10.4 Å². The van der Waals surface area contributed by atoms with E-state index in [1.54, 1.807) is 30.3 Å². The summed E-state index contributed by atoms with van der Waals surface area (Å²) in [5, 5.41) is 3.96. The number of nitrogens with one attached hydrogen (secondary N) is 1. The average molecular weight is 439 g/mol. The quantitative estimate of drug-likeness (QED) is 0.453. The molecule has 7 nitrogen and oxygen atoms in total. The van der Waals surface area contributed by atoms with Crippen LogP contribution in [0.1, 0.15) is 26.3 Å². The Balaban J connectivity index is 1.80. The second kappa shape index (κ2) is 8.92. The molecule has 8 heteroatoms. The number of primary amides is 1. The van der Waals surface area contributed by atoms with E-state index in [2.05, 4.69) is 31.4 Å². The molecule has 28 heavy (non-hydrogen) atoms. The number of hydrogen-bond acceptors (Lipinski definition) is 5. The standard InChI is InChI=1S/C20H15BrN4O3/c21-16-9-3-1-6-13(16)12-24-25-19(27)15-8-5-11-23-20(15)28-17-10-4-2-7-14(17)18(22)26/h1-12H,(H2,22,26)(H,25,27)/b24-12+. The maximum Gasteiger partial charge on any atom is 0.276 e. The van der Waals surface area contributed by atoms with Crippen molar-refractivity contribution in [1.82, 2.24) is 10.4 Å². The molecule has 3 rings (SSSR count). The van der Waals surface area contributed by atoms with Gasteiger partial charge in [-0.05, 0) is 30.3 Å². The molecule has 0 unspecified atom stereocenters. The molecule has 0 bridgehead atoms. The fraction of sp³-hybridized carbons (Fsp3) is 0. The van der Waals surface area contributed by atoms with Crippen molar-refractivity contribution in [3.8, 4) is 11.6 Å². The first-order valence-electron chi connectivity index (χ1n) is 8.16. The summed E-state index contributed by atoms with van der Waals surface area (Å²) in [6, 6.07) is 17.0. The third kappa shape index (κ3) is 4.60. The van der Waals surface area contributed by atoms with Crippen molar-refractivity contribution in [1.29, 1.82) is 0 Å². The Morgan fingerprint density at radius 1 is 1.04 bits per heavy atom. The molecule has 0 aliphatic rings. The summed E-state index contributed by atoms with van der Waals surface area (Å²) < 4.78 is 6.52. The lowest BCUT2D eigenvalue weighted by Gasteiger charge is -2.11. The van der Waals surface area contributed by atoms with E-state index >= 15 is 0 Å². The number of benzene rings is 2. The van der Waals surface area contributed by atoms with Crippen molar-refractivity contribution >= 4 is 34.0 Å². The summed E-state index contributed by atoms with van der Waals surface area (Å²) >= 11 is 3.40. The number of carbonyl (C=O) groups excluding carboxylic acids is 2. The van der Waals surface area contributed by atoms with Gasteiger partial charge in [-0.2, -0.15) is 5.10 Å². The molecule has 3 aromatic rings. The summed E-state index contributed by atoms with van der Waals surface area (Å²) in [6.07, 6.45) is 2.99. The van der Waals surface area contributed by atoms with Gasteiger partial charge in [-0.15, -0.1) is 0 Å². The van der Waals surface area contributed by atoms with Gasteiger partial charge in [-0.3, -0.25) is 9.59 Å². The molecule has 2 amide bonds. The van der Waals surface area contributed by atoms with Crippen LogP contribution in [-0.4, -0.2) is 23.0 Å². The molecule has 0 spiro atoms. The van der Waals surface area contributed by atoms with Crippen molar-refractivity contribution in [3.63, 3.8) is 0 Å². The number of amides is 2. The molecule has 0 atom stereocenters. The Hall–Kier alpha value is -3.52. The van der Waals surface area contributed by atoms with Crippen LogP contribution in [0, 0.1) is 0 Å². The first-order valence-corrected chi connectivity index (χ1v) is 8.95. The highest BCUT2D eigenvalue weighted by atomic mass is 79.9. The summed E-state index contributed by atoms with van der Waals surface area (Å²) in [5.41, 5.74) is 8.95. The lowest BCUT2D eigenvalue weighted by Crippen LogP contribution is -2.19. The fourth-order valence-electron chi connectivity index (χ4n) is 2.31. The lowest BCUT2D eigenvalue weighted by molar-refractivity contribution is 0.0951. The minimum Gasteiger partial charge on any atom is -0.437 e. The van der Waals surface area contributed by atoms with E-state index in [-0.39, 0.29) is 22.8 Å². The zero-order valence-corrected chi connectivity index (χ0v) is 16.1. The van der Waals surface area contributed by atoms with Gasteiger partial charge in [0.25, 0.3) is 11.8 Å². The second-order valence-electron chi connectivity index (χ2n) is 5.54. The zero-order chi connectivity index (χ0) is 19.9. The summed E-state index contributed by atoms with van der Waals surface area (Å²) in [6.45, 7) is 0. The van der Waals surface area contributed by atoms with Crippen molar-refractivity contribution in [2.75, 3.05) is 0 Å². The Bertz CT molecular complexity index is 1050. The topological polar surface area (TPSA) is 107 Å². The normalized spacial score (nSPS) is 10.6. The number of carbonyl (C=O) groups is 2. The molecule has 140 valence electrons. The van der Waals surface area contributed by atoms with E-state index < -0.39 is 11.8 Å². The molecule has 3 N–H and O–H groups in total. The monoisotopic (exact) mass is 438 g/mol. The zero-order valence-electron chi connectivity index (χ0n) is 14.5. The molecule has 0 aliphatic carbocycles. The predicted octanol–water partition coefficient (Wildman–Crippen LogP) is 3.50. The van der Waals surface area contributed by atoms with E-state index in [0.29, 0.717) is 0 Å². The molecule has 0 fully saturated rings. The highest BCUT2D eigenvalue weighted by Crippen LogP contribution is 2.26. The van der Waals surface area contributed by atoms with Crippen LogP contribution >= 0.6 is 15.9 Å². The van der Waals surface area contributed by atoms with Crippen LogP contribution < -0.4 is 15.9 Å². The van der Waals surface area contributed by atoms with E-state index in [4.69, 9.17) is 10.5 Å². The summed E-state index contributed by atoms with van der Waals surface area (Å²) in [7, 11) is 0. The third-order valence-electron chi connectivity index (χ3n) is 3.65. The minimum absolute atomic E-state index is 0.0322. The number of pyridine rings is 1. The number of ether oxygens (including phenoxy) is 1. The Labute approximate surface area is 169 Å². The Morgan fingerprint density at radius 2 is 1.75 bits per heavy atom. The molecular formula is C20H15BrN4O3. The van der Waals surface area contributed by atoms with Crippen LogP contribution in [-0.2, 0) is 0 Å². The van der Waals surface area contributed by atoms with Crippen LogP contribution in [0.25, 0.3) is 0 Å². The number of nitrogens with two attached hydrogens (primary N) is 1. The number of aromatic nitrogens is 1. The van der Waals surface area contributed by atoms with Gasteiger partial charge < -0.3 is 10.5 Å². The molecule has 1 aromatic heterocycles. The van der Waals surface area contributed by atoms with Gasteiger partial charge in [-0.1, -0.05) is 46.3 Å². The van der Waals surface area contributed by atoms with Crippen LogP contribution in [0.2, 0.25) is 0 Å². The van der Waals surface area contributed by atoms with Crippen molar-refractivity contribution < 1.29 is 14.3 Å². The van der Waals surface area contributed by atoms with Crippen LogP contribution in [0.4, 0.5) is 0 Å². The van der Waals surface area contributed by atoms with Gasteiger partial charge in [0.15, 0.2) is 0 Å². The van der Waals surface area contributed by atoms with Crippen molar-refractivity contribution in [3.05, 3.63) is 88.0 Å². The van der Waals surface area contributed by atoms with Crippen LogP contribution in [0.15, 0.2) is 76.4 Å². The van der Waals surface area contributed by atoms with Gasteiger partial charge in [0.05, 0.1) is 11.8 Å². The maximum atomic E-state index is 12.5. The summed E-state index contributed by atoms with van der Waals surface area (Å²) in [5.74, 6) is -0.914. The Kier molecular flexibility index (Phi) is 6.13. The summed E-state index contributed by atoms with van der Waals surface area (Å²) in [4.78, 5) is 28.1. The van der Waals surface area contributed by atoms with Crippen molar-refractivity contribution in [2.45, 2.75) is 0 Å². The van der Waals surface area contributed by atoms with Gasteiger partial charge in [0.2, 0.25) is 5.88 Å². The number of rotatable bonds is 6. The van der Waals surface area contributed by atoms with E-state index in [0.717, 1.165) is 10.0 Å².